The van der Waals surface area contributed by atoms with Gasteiger partial charge < -0.3 is 5.11 Å². The minimum atomic E-state index is -0.866. The number of benzene rings is 1. The monoisotopic (exact) mass is 262 g/mol. The molecule has 0 aliphatic carbocycles. The van der Waals surface area contributed by atoms with E-state index >= 15 is 0 Å². The van der Waals surface area contributed by atoms with Crippen LogP contribution in [0.2, 0.25) is 5.02 Å². The summed E-state index contributed by atoms with van der Waals surface area (Å²) in [6, 6.07) is 4.74. The lowest BCUT2D eigenvalue weighted by Gasteiger charge is -2.10. The van der Waals surface area contributed by atoms with E-state index in [0.717, 1.165) is 0 Å². The van der Waals surface area contributed by atoms with Gasteiger partial charge in [-0.15, -0.1) is 11.8 Å². The molecule has 1 rings (SSSR count). The van der Waals surface area contributed by atoms with Crippen molar-refractivity contribution in [2.75, 3.05) is 0 Å². The van der Waals surface area contributed by atoms with Gasteiger partial charge in [0.15, 0.2) is 0 Å². The maximum absolute atomic E-state index is 13.5. The van der Waals surface area contributed by atoms with Gasteiger partial charge in [0.2, 0.25) is 0 Å². The standard InChI is InChI=1S/C11H12ClFO2S/c1-2-9(11(14)15)16-6-7-4-3-5-8(12)10(7)13/h3-5,9H,2,6H2,1H3,(H,14,15). The molecule has 0 fully saturated rings. The molecule has 0 radical (unpaired) electrons. The highest BCUT2D eigenvalue weighted by molar-refractivity contribution is 7.99. The zero-order valence-corrected chi connectivity index (χ0v) is 10.3. The summed E-state index contributed by atoms with van der Waals surface area (Å²) in [7, 11) is 0. The van der Waals surface area contributed by atoms with Gasteiger partial charge in [0.25, 0.3) is 0 Å². The summed E-state index contributed by atoms with van der Waals surface area (Å²) in [4.78, 5) is 10.8. The largest absolute Gasteiger partial charge is 0.480 e. The van der Waals surface area contributed by atoms with Crippen LogP contribution in [0.15, 0.2) is 18.2 Å². The second-order valence-electron chi connectivity index (χ2n) is 3.26. The number of carbonyl (C=O) groups is 1. The number of rotatable bonds is 5. The van der Waals surface area contributed by atoms with Crippen molar-refractivity contribution in [1.29, 1.82) is 0 Å². The van der Waals surface area contributed by atoms with E-state index in [2.05, 4.69) is 0 Å². The van der Waals surface area contributed by atoms with Gasteiger partial charge >= 0.3 is 5.97 Å². The van der Waals surface area contributed by atoms with Gasteiger partial charge in [0, 0.05) is 5.75 Å². The fourth-order valence-corrected chi connectivity index (χ4v) is 2.39. The number of aliphatic carboxylic acids is 1. The molecule has 0 spiro atoms. The fraction of sp³-hybridized carbons (Fsp3) is 0.364. The van der Waals surface area contributed by atoms with Crippen LogP contribution in [0, 0.1) is 5.82 Å². The normalized spacial score (nSPS) is 12.4. The molecule has 0 bridgehead atoms. The molecule has 0 aliphatic heterocycles. The first-order chi connectivity index (χ1) is 7.56. The predicted octanol–water partition coefficient (Wildman–Crippen LogP) is 3.58. The fourth-order valence-electron chi connectivity index (χ4n) is 1.21. The number of hydrogen-bond acceptors (Lipinski definition) is 2. The Balaban J connectivity index is 2.67. The lowest BCUT2D eigenvalue weighted by Crippen LogP contribution is -2.15. The second kappa shape index (κ2) is 6.11. The average Bonchev–Trinajstić information content (AvgIpc) is 2.24. The van der Waals surface area contributed by atoms with E-state index in [9.17, 15) is 9.18 Å². The Kier molecular flexibility index (Phi) is 5.09. The smallest absolute Gasteiger partial charge is 0.316 e. The number of carboxylic acids is 1. The number of carboxylic acid groups (broad SMARTS) is 1. The predicted molar refractivity (Wildman–Crippen MR) is 64.4 cm³/mol. The van der Waals surface area contributed by atoms with Crippen molar-refractivity contribution in [2.45, 2.75) is 24.3 Å². The highest BCUT2D eigenvalue weighted by Gasteiger charge is 2.16. The van der Waals surface area contributed by atoms with Crippen molar-refractivity contribution in [1.82, 2.24) is 0 Å². The molecular weight excluding hydrogens is 251 g/mol. The van der Waals surface area contributed by atoms with Gasteiger partial charge in [0.1, 0.15) is 11.1 Å². The third-order valence-corrected chi connectivity index (χ3v) is 3.82. The SMILES string of the molecule is CCC(SCc1cccc(Cl)c1F)C(=O)O. The summed E-state index contributed by atoms with van der Waals surface area (Å²) in [5.41, 5.74) is 0.442. The molecule has 0 saturated carbocycles. The molecule has 2 nitrogen and oxygen atoms in total. The van der Waals surface area contributed by atoms with E-state index in [0.29, 0.717) is 17.7 Å². The first-order valence-electron chi connectivity index (χ1n) is 4.83. The molecule has 5 heteroatoms. The summed E-state index contributed by atoms with van der Waals surface area (Å²) in [6.07, 6.45) is 0.516. The summed E-state index contributed by atoms with van der Waals surface area (Å²) in [6.45, 7) is 1.79. The molecule has 1 atom stereocenters. The zero-order chi connectivity index (χ0) is 12.1. The van der Waals surface area contributed by atoms with Crippen molar-refractivity contribution in [3.8, 4) is 0 Å². The van der Waals surface area contributed by atoms with E-state index in [1.165, 1.54) is 17.8 Å². The molecule has 1 N–H and O–H groups in total. The van der Waals surface area contributed by atoms with Gasteiger partial charge in [-0.1, -0.05) is 30.7 Å². The summed E-state index contributed by atoms with van der Waals surface area (Å²) in [5.74, 6) is -1.01. The van der Waals surface area contributed by atoms with Crippen LogP contribution in [0.4, 0.5) is 4.39 Å². The van der Waals surface area contributed by atoms with Gasteiger partial charge in [-0.3, -0.25) is 4.79 Å². The highest BCUT2D eigenvalue weighted by Crippen LogP contribution is 2.25. The topological polar surface area (TPSA) is 37.3 Å². The summed E-state index contributed by atoms with van der Waals surface area (Å²) in [5, 5.41) is 8.40. The van der Waals surface area contributed by atoms with Gasteiger partial charge in [-0.25, -0.2) is 4.39 Å². The maximum atomic E-state index is 13.5. The van der Waals surface area contributed by atoms with E-state index in [-0.39, 0.29) is 5.02 Å². The molecule has 1 aromatic carbocycles. The molecular formula is C11H12ClFO2S. The molecule has 0 aromatic heterocycles. The van der Waals surface area contributed by atoms with E-state index < -0.39 is 17.0 Å². The molecule has 0 heterocycles. The third-order valence-electron chi connectivity index (χ3n) is 2.12. The molecule has 88 valence electrons. The minimum Gasteiger partial charge on any atom is -0.480 e. The van der Waals surface area contributed by atoms with Crippen LogP contribution in [-0.4, -0.2) is 16.3 Å². The quantitative estimate of drug-likeness (QED) is 0.881. The Morgan fingerprint density at radius 1 is 1.62 bits per heavy atom. The van der Waals surface area contributed by atoms with Crippen molar-refractivity contribution < 1.29 is 14.3 Å². The highest BCUT2D eigenvalue weighted by atomic mass is 35.5. The van der Waals surface area contributed by atoms with Gasteiger partial charge in [-0.2, -0.15) is 0 Å². The summed E-state index contributed by atoms with van der Waals surface area (Å²) >= 11 is 6.83. The van der Waals surface area contributed by atoms with E-state index in [4.69, 9.17) is 16.7 Å². The van der Waals surface area contributed by atoms with Crippen LogP contribution < -0.4 is 0 Å². The third kappa shape index (κ3) is 3.39. The lowest BCUT2D eigenvalue weighted by atomic mass is 10.2. The van der Waals surface area contributed by atoms with Crippen LogP contribution >= 0.6 is 23.4 Å². The van der Waals surface area contributed by atoms with Crippen molar-refractivity contribution in [3.05, 3.63) is 34.6 Å². The zero-order valence-electron chi connectivity index (χ0n) is 8.74. The van der Waals surface area contributed by atoms with Gasteiger partial charge in [-0.05, 0) is 18.1 Å². The lowest BCUT2D eigenvalue weighted by molar-refractivity contribution is -0.136. The van der Waals surface area contributed by atoms with Crippen LogP contribution in [0.5, 0.6) is 0 Å². The van der Waals surface area contributed by atoms with Crippen LogP contribution in [0.1, 0.15) is 18.9 Å². The van der Waals surface area contributed by atoms with Crippen LogP contribution in [-0.2, 0) is 10.5 Å². The van der Waals surface area contributed by atoms with E-state index in [1.54, 1.807) is 19.1 Å². The maximum Gasteiger partial charge on any atom is 0.316 e. The Bertz CT molecular complexity index is 384. The Hall–Kier alpha value is -0.740. The molecule has 0 saturated heterocycles. The minimum absolute atomic E-state index is 0.0708. The summed E-state index contributed by atoms with van der Waals surface area (Å²) < 4.78 is 13.5. The molecule has 1 aromatic rings. The first kappa shape index (κ1) is 13.3. The number of halogens is 2. The average molecular weight is 263 g/mol. The number of thioether (sulfide) groups is 1. The van der Waals surface area contributed by atoms with E-state index in [1.807, 2.05) is 0 Å². The van der Waals surface area contributed by atoms with Crippen molar-refractivity contribution in [2.24, 2.45) is 0 Å². The Morgan fingerprint density at radius 3 is 2.88 bits per heavy atom. The molecule has 1 unspecified atom stereocenters. The van der Waals surface area contributed by atoms with Crippen molar-refractivity contribution >= 4 is 29.3 Å². The Morgan fingerprint density at radius 2 is 2.31 bits per heavy atom. The molecule has 0 amide bonds. The first-order valence-corrected chi connectivity index (χ1v) is 6.26. The van der Waals surface area contributed by atoms with Gasteiger partial charge in [0.05, 0.1) is 5.02 Å². The number of hydrogen-bond donors (Lipinski definition) is 1. The van der Waals surface area contributed by atoms with Crippen molar-refractivity contribution in [3.63, 3.8) is 0 Å². The second-order valence-corrected chi connectivity index (χ2v) is 4.86. The Labute approximate surface area is 103 Å². The van der Waals surface area contributed by atoms with Crippen LogP contribution in [0.3, 0.4) is 0 Å². The molecule has 16 heavy (non-hydrogen) atoms. The van der Waals surface area contributed by atoms with Crippen LogP contribution in [0.25, 0.3) is 0 Å². The molecule has 0 aliphatic rings.